The maximum Gasteiger partial charge on any atom is 0.441 e. The molecule has 0 radical (unpaired) electrons. The fraction of sp³-hybridized carbons (Fsp3) is 0.773. The van der Waals surface area contributed by atoms with E-state index in [2.05, 4.69) is 44.0 Å². The number of rotatable bonds is 9. The van der Waals surface area contributed by atoms with Gasteiger partial charge in [0.15, 0.2) is 8.32 Å². The van der Waals surface area contributed by atoms with Crippen LogP contribution in [0.25, 0.3) is 5.53 Å². The van der Waals surface area contributed by atoms with E-state index in [0.717, 1.165) is 0 Å². The van der Waals surface area contributed by atoms with Crippen LogP contribution in [0.1, 0.15) is 55.4 Å². The predicted molar refractivity (Wildman–Crippen MR) is 122 cm³/mol. The lowest BCUT2D eigenvalue weighted by molar-refractivity contribution is -0.171. The van der Waals surface area contributed by atoms with Crippen molar-refractivity contribution in [1.82, 2.24) is 5.32 Å². The Morgan fingerprint density at radius 1 is 1.09 bits per heavy atom. The molecule has 1 N–H and O–H groups in total. The molecule has 1 amide bonds. The molecular formula is C22H37N3O7Si. The number of ketones is 1. The van der Waals surface area contributed by atoms with Crippen molar-refractivity contribution in [2.24, 2.45) is 17.3 Å². The number of hydrogen-bond donors (Lipinski definition) is 1. The smallest absolute Gasteiger partial charge is 0.427 e. The number of carbonyl (C=O) groups is 4. The van der Waals surface area contributed by atoms with Gasteiger partial charge in [0.05, 0.1) is 23.5 Å². The molecule has 186 valence electrons. The van der Waals surface area contributed by atoms with Crippen molar-refractivity contribution in [3.8, 4) is 0 Å². The standard InChI is InChI=1S/C22H37N3O7Si/c1-12(15-14(18(27)24-15)13(2)32-33(9,10)22(6,7)8)17(26)16(25-23)19(28)30-11-31-20(29)21(3,4)5/h12-15H,11H2,1-10H3,(H,24,27)/t12-,13-,14-,15-/m1/s1. The third-order valence-corrected chi connectivity index (χ3v) is 10.8. The largest absolute Gasteiger partial charge is 0.441 e. The first-order chi connectivity index (χ1) is 14.8. The Balaban J connectivity index is 2.84. The van der Waals surface area contributed by atoms with Crippen LogP contribution >= 0.6 is 0 Å². The molecule has 0 aromatic carbocycles. The Bertz CT molecular complexity index is 851. The summed E-state index contributed by atoms with van der Waals surface area (Å²) in [6, 6.07) is -0.604. The van der Waals surface area contributed by atoms with Crippen LogP contribution in [0.15, 0.2) is 0 Å². The summed E-state index contributed by atoms with van der Waals surface area (Å²) in [6.45, 7) is 17.9. The molecule has 11 heteroatoms. The molecule has 0 saturated carbocycles. The van der Waals surface area contributed by atoms with Crippen molar-refractivity contribution in [1.29, 1.82) is 0 Å². The van der Waals surface area contributed by atoms with Gasteiger partial charge in [0.25, 0.3) is 5.78 Å². The van der Waals surface area contributed by atoms with E-state index in [9.17, 15) is 24.7 Å². The molecule has 0 aromatic heterocycles. The Labute approximate surface area is 196 Å². The van der Waals surface area contributed by atoms with E-state index >= 15 is 0 Å². The molecule has 10 nitrogen and oxygen atoms in total. The number of amides is 1. The van der Waals surface area contributed by atoms with E-state index in [-0.39, 0.29) is 10.9 Å². The quantitative estimate of drug-likeness (QED) is 0.0775. The average molecular weight is 484 g/mol. The summed E-state index contributed by atoms with van der Waals surface area (Å²) in [5, 5.41) is 2.63. The Morgan fingerprint density at radius 3 is 2.06 bits per heavy atom. The van der Waals surface area contributed by atoms with E-state index in [4.69, 9.17) is 13.9 Å². The number of nitrogens with one attached hydrogen (secondary N) is 1. The lowest BCUT2D eigenvalue weighted by atomic mass is 9.76. The molecule has 0 aromatic rings. The number of β-lactam (4-membered cyclic amide) rings is 1. The second-order valence-electron chi connectivity index (χ2n) is 11.0. The lowest BCUT2D eigenvalue weighted by Crippen LogP contribution is -2.67. The number of carbonyl (C=O) groups excluding carboxylic acids is 4. The highest BCUT2D eigenvalue weighted by molar-refractivity contribution is 6.74. The summed E-state index contributed by atoms with van der Waals surface area (Å²) in [5.41, 5.74) is 7.61. The molecule has 0 spiro atoms. The predicted octanol–water partition coefficient (Wildman–Crippen LogP) is 2.48. The molecule has 1 aliphatic rings. The molecule has 1 fully saturated rings. The average Bonchev–Trinajstić information content (AvgIpc) is 2.63. The van der Waals surface area contributed by atoms with Gasteiger partial charge in [-0.1, -0.05) is 27.7 Å². The monoisotopic (exact) mass is 483 g/mol. The Morgan fingerprint density at radius 2 is 1.64 bits per heavy atom. The van der Waals surface area contributed by atoms with E-state index in [0.29, 0.717) is 0 Å². The van der Waals surface area contributed by atoms with Gasteiger partial charge in [0, 0.05) is 5.92 Å². The third kappa shape index (κ3) is 6.81. The first kappa shape index (κ1) is 28.7. The van der Waals surface area contributed by atoms with Gasteiger partial charge in [0.1, 0.15) is 0 Å². The van der Waals surface area contributed by atoms with Crippen LogP contribution in [-0.2, 0) is 33.1 Å². The Kier molecular flexibility index (Phi) is 8.93. The summed E-state index contributed by atoms with van der Waals surface area (Å²) in [6.07, 6.45) is -0.446. The van der Waals surface area contributed by atoms with Crippen molar-refractivity contribution >= 4 is 37.7 Å². The van der Waals surface area contributed by atoms with Gasteiger partial charge in [0.2, 0.25) is 12.7 Å². The summed E-state index contributed by atoms with van der Waals surface area (Å²) in [4.78, 5) is 51.9. The van der Waals surface area contributed by atoms with Crippen LogP contribution in [0.2, 0.25) is 18.1 Å². The van der Waals surface area contributed by atoms with Crippen LogP contribution < -0.4 is 5.32 Å². The van der Waals surface area contributed by atoms with Gasteiger partial charge in [-0.25, -0.2) is 4.79 Å². The maximum atomic E-state index is 12.8. The van der Waals surface area contributed by atoms with Gasteiger partial charge in [-0.05, 0) is 45.8 Å². The van der Waals surface area contributed by atoms with Gasteiger partial charge in [-0.2, -0.15) is 4.79 Å². The van der Waals surface area contributed by atoms with E-state index in [1.54, 1.807) is 27.7 Å². The van der Waals surface area contributed by atoms with Gasteiger partial charge < -0.3 is 24.7 Å². The van der Waals surface area contributed by atoms with E-state index in [1.165, 1.54) is 6.92 Å². The zero-order valence-electron chi connectivity index (χ0n) is 21.3. The molecule has 1 saturated heterocycles. The van der Waals surface area contributed by atoms with E-state index < -0.39 is 67.9 Å². The molecule has 4 atom stereocenters. The number of hydrogen-bond acceptors (Lipinski definition) is 7. The summed E-state index contributed by atoms with van der Waals surface area (Å²) >= 11 is 0. The van der Waals surface area contributed by atoms with Crippen LogP contribution in [0.4, 0.5) is 0 Å². The van der Waals surface area contributed by atoms with Crippen molar-refractivity contribution < 1.29 is 37.9 Å². The second-order valence-corrected chi connectivity index (χ2v) is 15.7. The number of ether oxygens (including phenoxy) is 2. The minimum absolute atomic E-state index is 0.0602. The van der Waals surface area contributed by atoms with Crippen molar-refractivity contribution in [2.45, 2.75) is 85.7 Å². The highest BCUT2D eigenvalue weighted by atomic mass is 28.4. The Hall–Kier alpha value is -2.36. The molecule has 1 rings (SSSR count). The lowest BCUT2D eigenvalue weighted by Gasteiger charge is -2.46. The molecule has 0 unspecified atom stereocenters. The summed E-state index contributed by atoms with van der Waals surface area (Å²) < 4.78 is 15.9. The molecule has 1 aliphatic heterocycles. The maximum absolute atomic E-state index is 12.8. The van der Waals surface area contributed by atoms with E-state index in [1.807, 2.05) is 0 Å². The third-order valence-electron chi connectivity index (χ3n) is 6.26. The number of nitrogens with zero attached hydrogens (tertiary/aromatic N) is 2. The minimum Gasteiger partial charge on any atom is -0.427 e. The first-order valence-corrected chi connectivity index (χ1v) is 13.8. The van der Waals surface area contributed by atoms with Crippen molar-refractivity contribution in [3.63, 3.8) is 0 Å². The highest BCUT2D eigenvalue weighted by Crippen LogP contribution is 2.39. The number of Topliss-reactive ketones (excluding diaryl/α,β-unsaturated/α-hetero) is 1. The van der Waals surface area contributed by atoms with Crippen LogP contribution in [0, 0.1) is 17.3 Å². The first-order valence-electron chi connectivity index (χ1n) is 10.9. The normalized spacial score (nSPS) is 20.5. The molecule has 33 heavy (non-hydrogen) atoms. The minimum atomic E-state index is -2.16. The van der Waals surface area contributed by atoms with Crippen LogP contribution in [0.3, 0.4) is 0 Å². The zero-order valence-corrected chi connectivity index (χ0v) is 22.3. The van der Waals surface area contributed by atoms with Gasteiger partial charge in [-0.3, -0.25) is 14.4 Å². The number of esters is 2. The topological polar surface area (TPSA) is 144 Å². The molecular weight excluding hydrogens is 446 g/mol. The zero-order chi connectivity index (χ0) is 25.9. The van der Waals surface area contributed by atoms with Crippen molar-refractivity contribution in [2.75, 3.05) is 6.79 Å². The molecule has 0 bridgehead atoms. The molecule has 0 aliphatic carbocycles. The second kappa shape index (κ2) is 10.3. The van der Waals surface area contributed by atoms with Crippen LogP contribution in [-0.4, -0.2) is 61.4 Å². The fourth-order valence-corrected chi connectivity index (χ4v) is 4.49. The highest BCUT2D eigenvalue weighted by Gasteiger charge is 2.52. The van der Waals surface area contributed by atoms with Crippen LogP contribution in [0.5, 0.6) is 0 Å². The fourth-order valence-electron chi connectivity index (χ4n) is 3.06. The summed E-state index contributed by atoms with van der Waals surface area (Å²) in [5.74, 6) is -4.36. The van der Waals surface area contributed by atoms with Gasteiger partial charge in [-0.15, -0.1) is 0 Å². The molecule has 1 heterocycles. The van der Waals surface area contributed by atoms with Crippen molar-refractivity contribution in [3.05, 3.63) is 5.53 Å². The summed E-state index contributed by atoms with van der Waals surface area (Å²) in [7, 11) is -2.16. The van der Waals surface area contributed by atoms with Gasteiger partial charge >= 0.3 is 17.7 Å². The SMILES string of the molecule is C[C@@H](O[Si](C)(C)C(C)(C)C)[C@H]1C(=O)N[C@@H]1[C@@H](C)C(=O)C(=[N+]=[N-])C(=O)OCOC(=O)C(C)(C)C.